The quantitative estimate of drug-likeness (QED) is 0.817. The highest BCUT2D eigenvalue weighted by atomic mass is 32.2. The molecule has 2 N–H and O–H groups in total. The first-order valence-corrected chi connectivity index (χ1v) is 8.16. The Kier molecular flexibility index (Phi) is 5.38. The molecule has 5 heteroatoms. The van der Waals surface area contributed by atoms with Gasteiger partial charge in [0.1, 0.15) is 4.90 Å². The van der Waals surface area contributed by atoms with E-state index in [1.54, 1.807) is 6.07 Å². The minimum absolute atomic E-state index is 0.273. The minimum atomic E-state index is -3.50. The van der Waals surface area contributed by atoms with Gasteiger partial charge in [-0.1, -0.05) is 19.9 Å². The highest BCUT2D eigenvalue weighted by molar-refractivity contribution is 7.89. The molecule has 1 aromatic rings. The molecule has 108 valence electrons. The summed E-state index contributed by atoms with van der Waals surface area (Å²) in [4.78, 5) is 0.273. The number of nitrogens with two attached hydrogens (primary N) is 1. The van der Waals surface area contributed by atoms with Gasteiger partial charge in [-0.05, 0) is 43.9 Å². The first-order valence-electron chi connectivity index (χ1n) is 6.72. The number of aryl methyl sites for hydroxylation is 1. The molecule has 4 nitrogen and oxygen atoms in total. The number of anilines is 1. The summed E-state index contributed by atoms with van der Waals surface area (Å²) in [5.74, 6) is 0. The summed E-state index contributed by atoms with van der Waals surface area (Å²) < 4.78 is 27.0. The highest BCUT2D eigenvalue weighted by Crippen LogP contribution is 2.28. The van der Waals surface area contributed by atoms with Crippen molar-refractivity contribution in [3.63, 3.8) is 0 Å². The third-order valence-electron chi connectivity index (χ3n) is 3.25. The number of benzene rings is 1. The Bertz CT molecular complexity index is 533. The van der Waals surface area contributed by atoms with Gasteiger partial charge in [-0.2, -0.15) is 4.31 Å². The van der Waals surface area contributed by atoms with Crippen LogP contribution in [-0.2, 0) is 10.0 Å². The molecule has 0 aromatic heterocycles. The lowest BCUT2D eigenvalue weighted by Crippen LogP contribution is -2.33. The molecular weight excluding hydrogens is 260 g/mol. The topological polar surface area (TPSA) is 63.4 Å². The minimum Gasteiger partial charge on any atom is -0.398 e. The molecule has 0 aliphatic rings. The summed E-state index contributed by atoms with van der Waals surface area (Å²) in [5.41, 5.74) is 7.93. The van der Waals surface area contributed by atoms with Crippen LogP contribution in [0.5, 0.6) is 0 Å². The maximum absolute atomic E-state index is 12.8. The van der Waals surface area contributed by atoms with Gasteiger partial charge in [-0.25, -0.2) is 8.42 Å². The van der Waals surface area contributed by atoms with Gasteiger partial charge in [0.05, 0.1) is 5.69 Å². The Morgan fingerprint density at radius 3 is 2.11 bits per heavy atom. The molecule has 19 heavy (non-hydrogen) atoms. The van der Waals surface area contributed by atoms with Gasteiger partial charge in [0, 0.05) is 13.1 Å². The zero-order valence-electron chi connectivity index (χ0n) is 12.2. The lowest BCUT2D eigenvalue weighted by atomic mass is 10.1. The van der Waals surface area contributed by atoms with Crippen molar-refractivity contribution in [1.82, 2.24) is 4.31 Å². The van der Waals surface area contributed by atoms with Crippen molar-refractivity contribution in [3.05, 3.63) is 23.3 Å². The van der Waals surface area contributed by atoms with Crippen LogP contribution in [0.3, 0.4) is 0 Å². The van der Waals surface area contributed by atoms with Crippen molar-refractivity contribution in [2.75, 3.05) is 18.8 Å². The van der Waals surface area contributed by atoms with E-state index >= 15 is 0 Å². The summed E-state index contributed by atoms with van der Waals surface area (Å²) in [7, 11) is -3.50. The third kappa shape index (κ3) is 3.28. The van der Waals surface area contributed by atoms with E-state index < -0.39 is 10.0 Å². The van der Waals surface area contributed by atoms with E-state index in [0.29, 0.717) is 18.8 Å². The van der Waals surface area contributed by atoms with E-state index in [9.17, 15) is 8.42 Å². The van der Waals surface area contributed by atoms with E-state index in [1.165, 1.54) is 4.31 Å². The largest absolute Gasteiger partial charge is 0.398 e. The number of hydrogen-bond acceptors (Lipinski definition) is 3. The summed E-state index contributed by atoms with van der Waals surface area (Å²) >= 11 is 0. The van der Waals surface area contributed by atoms with Gasteiger partial charge >= 0.3 is 0 Å². The summed E-state index contributed by atoms with van der Waals surface area (Å²) in [6.07, 6.45) is 1.59. The first kappa shape index (κ1) is 16.0. The van der Waals surface area contributed by atoms with Crippen molar-refractivity contribution >= 4 is 15.7 Å². The smallest absolute Gasteiger partial charge is 0.245 e. The number of nitrogen functional groups attached to an aromatic ring is 1. The molecule has 1 aromatic carbocycles. The molecule has 0 amide bonds. The Balaban J connectivity index is 3.37. The van der Waals surface area contributed by atoms with Crippen LogP contribution in [0.25, 0.3) is 0 Å². The summed E-state index contributed by atoms with van der Waals surface area (Å²) in [6, 6.07) is 3.53. The van der Waals surface area contributed by atoms with Crippen LogP contribution in [0, 0.1) is 13.8 Å². The molecule has 0 heterocycles. The standard InChI is InChI=1S/C14H24N2O2S/c1-5-9-16(10-6-2)19(17,18)14-12(4)11(3)7-8-13(14)15/h7-8H,5-6,9-10,15H2,1-4H3. The van der Waals surface area contributed by atoms with E-state index in [0.717, 1.165) is 24.0 Å². The van der Waals surface area contributed by atoms with Gasteiger partial charge < -0.3 is 5.73 Å². The molecule has 0 atom stereocenters. The van der Waals surface area contributed by atoms with Gasteiger partial charge in [-0.3, -0.25) is 0 Å². The van der Waals surface area contributed by atoms with Crippen molar-refractivity contribution in [3.8, 4) is 0 Å². The van der Waals surface area contributed by atoms with Crippen molar-refractivity contribution in [2.24, 2.45) is 0 Å². The van der Waals surface area contributed by atoms with Crippen molar-refractivity contribution in [1.29, 1.82) is 0 Å². The normalized spacial score (nSPS) is 12.1. The third-order valence-corrected chi connectivity index (χ3v) is 5.35. The summed E-state index contributed by atoms with van der Waals surface area (Å²) in [6.45, 7) is 8.73. The molecule has 0 unspecified atom stereocenters. The molecule has 0 saturated carbocycles. The fourth-order valence-electron chi connectivity index (χ4n) is 2.13. The maximum atomic E-state index is 12.8. The number of nitrogens with zero attached hydrogens (tertiary/aromatic N) is 1. The highest BCUT2D eigenvalue weighted by Gasteiger charge is 2.27. The van der Waals surface area contributed by atoms with E-state index in [4.69, 9.17) is 5.73 Å². The zero-order valence-corrected chi connectivity index (χ0v) is 13.0. The van der Waals surface area contributed by atoms with Crippen molar-refractivity contribution < 1.29 is 8.42 Å². The second-order valence-electron chi connectivity index (χ2n) is 4.83. The number of rotatable bonds is 6. The van der Waals surface area contributed by atoms with E-state index in [2.05, 4.69) is 0 Å². The first-order chi connectivity index (χ1) is 8.86. The van der Waals surface area contributed by atoms with Crippen LogP contribution < -0.4 is 5.73 Å². The Morgan fingerprint density at radius 2 is 1.63 bits per heavy atom. The zero-order chi connectivity index (χ0) is 14.6. The van der Waals surface area contributed by atoms with Gasteiger partial charge in [0.2, 0.25) is 10.0 Å². The fraction of sp³-hybridized carbons (Fsp3) is 0.571. The molecule has 0 aliphatic carbocycles. The Labute approximate surface area is 116 Å². The maximum Gasteiger partial charge on any atom is 0.245 e. The Hall–Kier alpha value is -1.07. The number of sulfonamides is 1. The molecular formula is C14H24N2O2S. The monoisotopic (exact) mass is 284 g/mol. The van der Waals surface area contributed by atoms with Gasteiger partial charge in [-0.15, -0.1) is 0 Å². The lowest BCUT2D eigenvalue weighted by molar-refractivity contribution is 0.410. The predicted molar refractivity (Wildman–Crippen MR) is 79.7 cm³/mol. The molecule has 0 spiro atoms. The molecule has 0 radical (unpaired) electrons. The molecule has 0 bridgehead atoms. The SMILES string of the molecule is CCCN(CCC)S(=O)(=O)c1c(N)ccc(C)c1C. The van der Waals surface area contributed by atoms with Crippen molar-refractivity contribution in [2.45, 2.75) is 45.4 Å². The van der Waals surface area contributed by atoms with Crippen LogP contribution >= 0.6 is 0 Å². The van der Waals surface area contributed by atoms with Crippen LogP contribution in [0.1, 0.15) is 37.8 Å². The van der Waals surface area contributed by atoms with E-state index in [1.807, 2.05) is 33.8 Å². The second-order valence-corrected chi connectivity index (χ2v) is 6.70. The fourth-order valence-corrected chi connectivity index (χ4v) is 4.15. The Morgan fingerprint density at radius 1 is 1.11 bits per heavy atom. The molecule has 0 saturated heterocycles. The van der Waals surface area contributed by atoms with Crippen LogP contribution in [0.4, 0.5) is 5.69 Å². The number of hydrogen-bond donors (Lipinski definition) is 1. The molecule has 0 fully saturated rings. The van der Waals surface area contributed by atoms with Crippen LogP contribution in [-0.4, -0.2) is 25.8 Å². The predicted octanol–water partition coefficient (Wildman–Crippen LogP) is 2.70. The molecule has 0 aliphatic heterocycles. The van der Waals surface area contributed by atoms with Gasteiger partial charge in [0.25, 0.3) is 0 Å². The lowest BCUT2D eigenvalue weighted by Gasteiger charge is -2.23. The van der Waals surface area contributed by atoms with Gasteiger partial charge in [0.15, 0.2) is 0 Å². The summed E-state index contributed by atoms with van der Waals surface area (Å²) in [5, 5.41) is 0. The second kappa shape index (κ2) is 6.39. The van der Waals surface area contributed by atoms with Crippen LogP contribution in [0.15, 0.2) is 17.0 Å². The van der Waals surface area contributed by atoms with Crippen LogP contribution in [0.2, 0.25) is 0 Å². The average molecular weight is 284 g/mol. The average Bonchev–Trinajstić information content (AvgIpc) is 2.34. The molecule has 1 rings (SSSR count). The van der Waals surface area contributed by atoms with E-state index in [-0.39, 0.29) is 4.90 Å².